The molecule has 0 atom stereocenters. The lowest BCUT2D eigenvalue weighted by molar-refractivity contribution is 0.157. The Hall–Kier alpha value is -1.02. The van der Waals surface area contributed by atoms with Gasteiger partial charge in [0.05, 0.1) is 0 Å². The zero-order valence-corrected chi connectivity index (χ0v) is 12.3. The molecule has 0 amide bonds. The predicted molar refractivity (Wildman–Crippen MR) is 80.5 cm³/mol. The van der Waals surface area contributed by atoms with E-state index in [0.717, 1.165) is 18.8 Å². The Labute approximate surface area is 112 Å². The fourth-order valence-corrected chi connectivity index (χ4v) is 2.54. The van der Waals surface area contributed by atoms with Gasteiger partial charge >= 0.3 is 0 Å². The van der Waals surface area contributed by atoms with Crippen LogP contribution in [-0.4, -0.2) is 17.5 Å². The van der Waals surface area contributed by atoms with E-state index < -0.39 is 0 Å². The molecule has 0 fully saturated rings. The smallest absolute Gasteiger partial charge is 0.0317 e. The van der Waals surface area contributed by atoms with Crippen LogP contribution < -0.4 is 5.73 Å². The predicted octanol–water partition coefficient (Wildman–Crippen LogP) is 3.92. The van der Waals surface area contributed by atoms with Gasteiger partial charge in [-0.1, -0.05) is 39.8 Å². The van der Waals surface area contributed by atoms with Gasteiger partial charge in [-0.3, -0.25) is 4.90 Å². The zero-order chi connectivity index (χ0) is 13.5. The summed E-state index contributed by atoms with van der Waals surface area (Å²) in [5.41, 5.74) is 8.04. The molecule has 0 unspecified atom stereocenters. The Morgan fingerprint density at radius 3 is 2.33 bits per heavy atom. The van der Waals surface area contributed by atoms with Crippen LogP contribution in [0.3, 0.4) is 0 Å². The summed E-state index contributed by atoms with van der Waals surface area (Å²) in [5, 5.41) is 0. The summed E-state index contributed by atoms with van der Waals surface area (Å²) in [7, 11) is 0. The van der Waals surface area contributed by atoms with Crippen LogP contribution in [0, 0.1) is 5.92 Å². The lowest BCUT2D eigenvalue weighted by atomic mass is 10.1. The largest absolute Gasteiger partial charge is 0.399 e. The maximum absolute atomic E-state index is 5.86. The van der Waals surface area contributed by atoms with E-state index in [1.165, 1.54) is 18.4 Å². The monoisotopic (exact) mass is 248 g/mol. The highest BCUT2D eigenvalue weighted by Crippen LogP contribution is 2.17. The van der Waals surface area contributed by atoms with E-state index >= 15 is 0 Å². The molecule has 0 heterocycles. The number of benzene rings is 1. The summed E-state index contributed by atoms with van der Waals surface area (Å²) in [4.78, 5) is 2.60. The molecule has 1 rings (SSSR count). The zero-order valence-electron chi connectivity index (χ0n) is 12.3. The van der Waals surface area contributed by atoms with Gasteiger partial charge in [-0.25, -0.2) is 0 Å². The molecule has 2 nitrogen and oxygen atoms in total. The number of hydrogen-bond acceptors (Lipinski definition) is 2. The van der Waals surface area contributed by atoms with Crippen molar-refractivity contribution in [1.82, 2.24) is 4.90 Å². The van der Waals surface area contributed by atoms with Gasteiger partial charge in [0.15, 0.2) is 0 Å². The Morgan fingerprint density at radius 2 is 1.83 bits per heavy atom. The van der Waals surface area contributed by atoms with E-state index in [0.29, 0.717) is 12.0 Å². The van der Waals surface area contributed by atoms with Crippen LogP contribution in [0.4, 0.5) is 5.69 Å². The van der Waals surface area contributed by atoms with E-state index in [1.54, 1.807) is 0 Å². The number of nitrogens with zero attached hydrogens (tertiary/aromatic N) is 1. The summed E-state index contributed by atoms with van der Waals surface area (Å²) < 4.78 is 0. The van der Waals surface area contributed by atoms with Gasteiger partial charge in [0, 0.05) is 24.8 Å². The fraction of sp³-hybridized carbons (Fsp3) is 0.625. The van der Waals surface area contributed by atoms with Gasteiger partial charge in [0.1, 0.15) is 0 Å². The number of rotatable bonds is 7. The molecule has 0 saturated heterocycles. The second-order valence-corrected chi connectivity index (χ2v) is 5.54. The van der Waals surface area contributed by atoms with E-state index in [2.05, 4.69) is 44.7 Å². The van der Waals surface area contributed by atoms with Crippen molar-refractivity contribution in [2.24, 2.45) is 5.92 Å². The van der Waals surface area contributed by atoms with Gasteiger partial charge in [0.25, 0.3) is 0 Å². The molecule has 0 aliphatic carbocycles. The normalized spacial score (nSPS) is 11.7. The Kier molecular flexibility index (Phi) is 6.20. The third-order valence-electron chi connectivity index (χ3n) is 3.40. The third-order valence-corrected chi connectivity index (χ3v) is 3.40. The minimum absolute atomic E-state index is 0.675. The van der Waals surface area contributed by atoms with Crippen LogP contribution in [0.5, 0.6) is 0 Å². The molecule has 0 aliphatic rings. The van der Waals surface area contributed by atoms with Gasteiger partial charge in [-0.05, 0) is 36.5 Å². The first-order valence-corrected chi connectivity index (χ1v) is 7.15. The maximum atomic E-state index is 5.86. The first kappa shape index (κ1) is 15.0. The summed E-state index contributed by atoms with van der Waals surface area (Å²) in [6.45, 7) is 11.3. The summed E-state index contributed by atoms with van der Waals surface area (Å²) in [5.74, 6) is 0.701. The fourth-order valence-electron chi connectivity index (χ4n) is 2.54. The molecule has 0 radical (unpaired) electrons. The molecule has 102 valence electrons. The Balaban J connectivity index is 2.77. The maximum Gasteiger partial charge on any atom is 0.0317 e. The highest BCUT2D eigenvalue weighted by Gasteiger charge is 2.16. The molecule has 0 spiro atoms. The average molecular weight is 248 g/mol. The molecule has 2 heteroatoms. The molecular weight excluding hydrogens is 220 g/mol. The number of nitrogens with two attached hydrogens (primary N) is 1. The lowest BCUT2D eigenvalue weighted by Gasteiger charge is -2.32. The quantitative estimate of drug-likeness (QED) is 0.741. The van der Waals surface area contributed by atoms with Crippen LogP contribution >= 0.6 is 0 Å². The van der Waals surface area contributed by atoms with Crippen LogP contribution in [0.1, 0.15) is 46.1 Å². The molecule has 0 aromatic heterocycles. The van der Waals surface area contributed by atoms with Gasteiger partial charge in [0.2, 0.25) is 0 Å². The second-order valence-electron chi connectivity index (χ2n) is 5.54. The van der Waals surface area contributed by atoms with Crippen molar-refractivity contribution in [3.63, 3.8) is 0 Å². The van der Waals surface area contributed by atoms with Crippen LogP contribution in [0.2, 0.25) is 0 Å². The SMILES string of the molecule is CCC(CC)N(Cc1cccc(N)c1)CC(C)C. The van der Waals surface area contributed by atoms with Crippen molar-refractivity contribution in [1.29, 1.82) is 0 Å². The van der Waals surface area contributed by atoms with E-state index in [9.17, 15) is 0 Å². The molecule has 0 saturated carbocycles. The van der Waals surface area contributed by atoms with Crippen LogP contribution in [0.15, 0.2) is 24.3 Å². The van der Waals surface area contributed by atoms with Crippen molar-refractivity contribution in [2.75, 3.05) is 12.3 Å². The highest BCUT2D eigenvalue weighted by atomic mass is 15.2. The number of nitrogen functional groups attached to an aromatic ring is 1. The Bertz CT molecular complexity index is 343. The number of hydrogen-bond donors (Lipinski definition) is 1. The standard InChI is InChI=1S/C16H28N2/c1-5-16(6-2)18(11-13(3)4)12-14-8-7-9-15(17)10-14/h7-10,13,16H,5-6,11-12,17H2,1-4H3. The number of anilines is 1. The van der Waals surface area contributed by atoms with Crippen LogP contribution in [-0.2, 0) is 6.54 Å². The van der Waals surface area contributed by atoms with Gasteiger partial charge in [-0.2, -0.15) is 0 Å². The Morgan fingerprint density at radius 1 is 1.17 bits per heavy atom. The summed E-state index contributed by atoms with van der Waals surface area (Å²) in [6, 6.07) is 8.94. The van der Waals surface area contributed by atoms with Crippen molar-refractivity contribution in [3.05, 3.63) is 29.8 Å². The molecule has 18 heavy (non-hydrogen) atoms. The molecule has 2 N–H and O–H groups in total. The molecule has 1 aromatic carbocycles. The third kappa shape index (κ3) is 4.69. The molecule has 0 aliphatic heterocycles. The average Bonchev–Trinajstić information content (AvgIpc) is 2.29. The summed E-state index contributed by atoms with van der Waals surface area (Å²) in [6.07, 6.45) is 2.43. The summed E-state index contributed by atoms with van der Waals surface area (Å²) >= 11 is 0. The highest BCUT2D eigenvalue weighted by molar-refractivity contribution is 5.40. The van der Waals surface area contributed by atoms with E-state index in [-0.39, 0.29) is 0 Å². The van der Waals surface area contributed by atoms with Gasteiger partial charge < -0.3 is 5.73 Å². The first-order valence-electron chi connectivity index (χ1n) is 7.15. The minimum Gasteiger partial charge on any atom is -0.399 e. The molecule has 1 aromatic rings. The van der Waals surface area contributed by atoms with Crippen molar-refractivity contribution >= 4 is 5.69 Å². The van der Waals surface area contributed by atoms with Crippen molar-refractivity contribution in [2.45, 2.75) is 53.1 Å². The van der Waals surface area contributed by atoms with E-state index in [1.807, 2.05) is 12.1 Å². The topological polar surface area (TPSA) is 29.3 Å². The van der Waals surface area contributed by atoms with Crippen molar-refractivity contribution < 1.29 is 0 Å². The molecule has 0 bridgehead atoms. The van der Waals surface area contributed by atoms with E-state index in [4.69, 9.17) is 5.73 Å². The van der Waals surface area contributed by atoms with Gasteiger partial charge in [-0.15, -0.1) is 0 Å². The lowest BCUT2D eigenvalue weighted by Crippen LogP contribution is -2.36. The first-order chi connectivity index (χ1) is 8.56. The second kappa shape index (κ2) is 7.42. The van der Waals surface area contributed by atoms with Crippen LogP contribution in [0.25, 0.3) is 0 Å². The minimum atomic E-state index is 0.675. The van der Waals surface area contributed by atoms with Crippen molar-refractivity contribution in [3.8, 4) is 0 Å². The molecular formula is C16H28N2.